The number of nitriles is 1. The van der Waals surface area contributed by atoms with Crippen LogP contribution in [0.3, 0.4) is 0 Å². The summed E-state index contributed by atoms with van der Waals surface area (Å²) in [6.45, 7) is 3.39. The number of rotatable bonds is 5. The SMILES string of the molecule is N#CCN1CCC[C@@H](c2ccnc(Nc3nc(C(=O)N4CCCO4)cs3)n2)C1. The van der Waals surface area contributed by atoms with Crippen LogP contribution in [0.5, 0.6) is 0 Å². The van der Waals surface area contributed by atoms with Crippen molar-refractivity contribution in [2.75, 3.05) is 38.1 Å². The van der Waals surface area contributed by atoms with Gasteiger partial charge in [-0.15, -0.1) is 11.3 Å². The monoisotopic (exact) mass is 399 g/mol. The molecule has 0 spiro atoms. The second kappa shape index (κ2) is 8.60. The maximum absolute atomic E-state index is 12.3. The van der Waals surface area contributed by atoms with Gasteiger partial charge >= 0.3 is 0 Å². The normalized spacial score (nSPS) is 20.1. The molecule has 2 aliphatic rings. The van der Waals surface area contributed by atoms with Gasteiger partial charge in [0.05, 0.1) is 31.5 Å². The number of hydrogen-bond donors (Lipinski definition) is 1. The minimum absolute atomic E-state index is 0.226. The highest BCUT2D eigenvalue weighted by Gasteiger charge is 2.24. The summed E-state index contributed by atoms with van der Waals surface area (Å²) in [5, 5.41) is 15.6. The van der Waals surface area contributed by atoms with Crippen LogP contribution >= 0.6 is 11.3 Å². The fourth-order valence-corrected chi connectivity index (χ4v) is 4.14. The van der Waals surface area contributed by atoms with E-state index in [1.807, 2.05) is 6.07 Å². The van der Waals surface area contributed by atoms with Gasteiger partial charge in [0.15, 0.2) is 5.13 Å². The highest BCUT2D eigenvalue weighted by molar-refractivity contribution is 7.14. The molecule has 1 atom stereocenters. The smallest absolute Gasteiger partial charge is 0.296 e. The van der Waals surface area contributed by atoms with Crippen LogP contribution < -0.4 is 5.32 Å². The first-order valence-corrected chi connectivity index (χ1v) is 10.2. The molecule has 146 valence electrons. The van der Waals surface area contributed by atoms with Gasteiger partial charge in [0.1, 0.15) is 5.69 Å². The summed E-state index contributed by atoms with van der Waals surface area (Å²) in [7, 11) is 0. The van der Waals surface area contributed by atoms with Crippen molar-refractivity contribution in [1.82, 2.24) is 24.9 Å². The van der Waals surface area contributed by atoms with Crippen molar-refractivity contribution in [1.29, 1.82) is 5.26 Å². The number of hydrogen-bond acceptors (Lipinski definition) is 9. The van der Waals surface area contributed by atoms with E-state index in [2.05, 4.69) is 31.2 Å². The van der Waals surface area contributed by atoms with Crippen LogP contribution in [0.25, 0.3) is 0 Å². The van der Waals surface area contributed by atoms with Crippen LogP contribution in [0.15, 0.2) is 17.6 Å². The Kier molecular flexibility index (Phi) is 5.76. The van der Waals surface area contributed by atoms with Gasteiger partial charge in [-0.3, -0.25) is 14.5 Å². The Balaban J connectivity index is 1.42. The number of thiazole rings is 1. The lowest BCUT2D eigenvalue weighted by atomic mass is 9.94. The number of likely N-dealkylation sites (tertiary alicyclic amines) is 1. The standard InChI is InChI=1S/C18H21N7O2S/c19-5-9-24-7-1-3-13(11-24)14-4-6-20-17(21-14)23-18-22-15(12-28-18)16(26)25-8-2-10-27-25/h4,6,12-13H,1-3,7-11H2,(H,20,21,22,23)/t13-/m1/s1. The zero-order chi connectivity index (χ0) is 19.3. The predicted molar refractivity (Wildman–Crippen MR) is 103 cm³/mol. The third-order valence-electron chi connectivity index (χ3n) is 4.82. The minimum Gasteiger partial charge on any atom is -0.300 e. The number of carbonyl (C=O) groups excluding carboxylic acids is 1. The summed E-state index contributed by atoms with van der Waals surface area (Å²) in [5.74, 6) is 0.517. The molecule has 0 aliphatic carbocycles. The average molecular weight is 399 g/mol. The third kappa shape index (κ3) is 4.27. The van der Waals surface area contributed by atoms with Crippen molar-refractivity contribution >= 4 is 28.3 Å². The highest BCUT2D eigenvalue weighted by atomic mass is 32.1. The number of anilines is 2. The van der Waals surface area contributed by atoms with E-state index in [9.17, 15) is 4.79 Å². The van der Waals surface area contributed by atoms with Gasteiger partial charge in [-0.1, -0.05) is 0 Å². The van der Waals surface area contributed by atoms with Crippen molar-refractivity contribution in [3.05, 3.63) is 29.0 Å². The van der Waals surface area contributed by atoms with Gasteiger partial charge in [0, 0.05) is 24.0 Å². The average Bonchev–Trinajstić information content (AvgIpc) is 3.41. The molecule has 28 heavy (non-hydrogen) atoms. The van der Waals surface area contributed by atoms with Crippen molar-refractivity contribution in [2.24, 2.45) is 0 Å². The molecule has 2 aromatic heterocycles. The molecule has 1 N–H and O–H groups in total. The van der Waals surface area contributed by atoms with Crippen LogP contribution in [0, 0.1) is 11.3 Å². The topological polar surface area (TPSA) is 107 Å². The Hall–Kier alpha value is -2.61. The van der Waals surface area contributed by atoms with Gasteiger partial charge in [-0.25, -0.2) is 20.0 Å². The van der Waals surface area contributed by atoms with Gasteiger partial charge in [0.2, 0.25) is 5.95 Å². The molecule has 4 heterocycles. The van der Waals surface area contributed by atoms with Crippen molar-refractivity contribution in [3.8, 4) is 6.07 Å². The highest BCUT2D eigenvalue weighted by Crippen LogP contribution is 2.27. The minimum atomic E-state index is -0.226. The molecule has 0 saturated carbocycles. The van der Waals surface area contributed by atoms with E-state index < -0.39 is 0 Å². The Labute approximate surface area is 166 Å². The summed E-state index contributed by atoms with van der Waals surface area (Å²) in [6, 6.07) is 4.14. The largest absolute Gasteiger partial charge is 0.300 e. The molecule has 0 radical (unpaired) electrons. The van der Waals surface area contributed by atoms with E-state index in [1.165, 1.54) is 16.4 Å². The maximum atomic E-state index is 12.3. The fourth-order valence-electron chi connectivity index (χ4n) is 3.46. The number of amides is 1. The number of aromatic nitrogens is 3. The van der Waals surface area contributed by atoms with E-state index in [1.54, 1.807) is 11.6 Å². The molecule has 0 bridgehead atoms. The van der Waals surface area contributed by atoms with E-state index in [0.29, 0.717) is 36.5 Å². The van der Waals surface area contributed by atoms with Crippen molar-refractivity contribution in [2.45, 2.75) is 25.2 Å². The molecular weight excluding hydrogens is 378 g/mol. The summed E-state index contributed by atoms with van der Waals surface area (Å²) >= 11 is 1.33. The van der Waals surface area contributed by atoms with Crippen LogP contribution in [-0.4, -0.2) is 63.6 Å². The quantitative estimate of drug-likeness (QED) is 0.762. The first kappa shape index (κ1) is 18.7. The molecule has 10 heteroatoms. The fraction of sp³-hybridized carbons (Fsp3) is 0.500. The molecule has 9 nitrogen and oxygen atoms in total. The number of piperidine rings is 1. The Morgan fingerprint density at radius 3 is 3.14 bits per heavy atom. The van der Waals surface area contributed by atoms with E-state index in [0.717, 1.165) is 38.0 Å². The van der Waals surface area contributed by atoms with Crippen molar-refractivity contribution in [3.63, 3.8) is 0 Å². The molecule has 4 rings (SSSR count). The predicted octanol–water partition coefficient (Wildman–Crippen LogP) is 2.16. The molecule has 0 unspecified atom stereocenters. The maximum Gasteiger partial charge on any atom is 0.296 e. The van der Waals surface area contributed by atoms with Crippen LogP contribution in [0.1, 0.15) is 41.4 Å². The molecule has 2 fully saturated rings. The van der Waals surface area contributed by atoms with E-state index in [-0.39, 0.29) is 11.8 Å². The first-order chi connectivity index (χ1) is 13.7. The van der Waals surface area contributed by atoms with Gasteiger partial charge in [-0.05, 0) is 31.9 Å². The number of hydroxylamine groups is 2. The lowest BCUT2D eigenvalue weighted by Gasteiger charge is -2.30. The first-order valence-electron chi connectivity index (χ1n) is 9.32. The third-order valence-corrected chi connectivity index (χ3v) is 5.57. The molecule has 2 saturated heterocycles. The lowest BCUT2D eigenvalue weighted by molar-refractivity contribution is -0.0771. The zero-order valence-electron chi connectivity index (χ0n) is 15.4. The van der Waals surface area contributed by atoms with Gasteiger partial charge < -0.3 is 5.32 Å². The van der Waals surface area contributed by atoms with Crippen LogP contribution in [-0.2, 0) is 4.84 Å². The summed E-state index contributed by atoms with van der Waals surface area (Å²) in [6.07, 6.45) is 4.67. The Bertz CT molecular complexity index is 875. The van der Waals surface area contributed by atoms with Crippen molar-refractivity contribution < 1.29 is 9.63 Å². The zero-order valence-corrected chi connectivity index (χ0v) is 16.2. The van der Waals surface area contributed by atoms with E-state index >= 15 is 0 Å². The summed E-state index contributed by atoms with van der Waals surface area (Å²) in [4.78, 5) is 33.0. The second-order valence-corrected chi connectivity index (χ2v) is 7.65. The number of nitrogens with zero attached hydrogens (tertiary/aromatic N) is 6. The molecule has 2 aliphatic heterocycles. The summed E-state index contributed by atoms with van der Waals surface area (Å²) < 4.78 is 0. The van der Waals surface area contributed by atoms with Crippen LogP contribution in [0.2, 0.25) is 0 Å². The Morgan fingerprint density at radius 2 is 2.32 bits per heavy atom. The second-order valence-electron chi connectivity index (χ2n) is 6.79. The molecule has 0 aromatic carbocycles. The summed E-state index contributed by atoms with van der Waals surface area (Å²) in [5.41, 5.74) is 1.31. The molecular formula is C18H21N7O2S. The lowest BCUT2D eigenvalue weighted by Crippen LogP contribution is -2.34. The molecule has 2 aromatic rings. The number of nitrogens with one attached hydrogen (secondary N) is 1. The van der Waals surface area contributed by atoms with Crippen LogP contribution in [0.4, 0.5) is 11.1 Å². The van der Waals surface area contributed by atoms with Gasteiger partial charge in [0.25, 0.3) is 5.91 Å². The molecule has 1 amide bonds. The number of carbonyl (C=O) groups is 1. The van der Waals surface area contributed by atoms with Gasteiger partial charge in [-0.2, -0.15) is 5.26 Å². The Morgan fingerprint density at radius 1 is 1.39 bits per heavy atom. The van der Waals surface area contributed by atoms with E-state index in [4.69, 9.17) is 10.1 Å².